The quantitative estimate of drug-likeness (QED) is 0.0222. The number of aliphatic hydroxyl groups excluding tert-OH is 1. The molecule has 0 spiro atoms. The van der Waals surface area contributed by atoms with Crippen molar-refractivity contribution in [1.82, 2.24) is 0 Å². The van der Waals surface area contributed by atoms with Crippen LogP contribution in [0.1, 0.15) is 409 Å². The zero-order valence-electron chi connectivity index (χ0n) is 65.1. The molecule has 0 aromatic heterocycles. The van der Waals surface area contributed by atoms with Crippen molar-refractivity contribution in [1.29, 1.82) is 0 Å². The Morgan fingerprint density at radius 3 is 0.717 bits per heavy atom. The lowest BCUT2D eigenvalue weighted by atomic mass is 9.99. The summed E-state index contributed by atoms with van der Waals surface area (Å²) >= 11 is 0. The van der Waals surface area contributed by atoms with Crippen LogP contribution in [0.5, 0.6) is 0 Å². The van der Waals surface area contributed by atoms with E-state index in [0.717, 1.165) is 114 Å². The molecule has 0 saturated carbocycles. The van der Waals surface area contributed by atoms with Gasteiger partial charge in [-0.3, -0.25) is 37.3 Å². The minimum Gasteiger partial charge on any atom is -0.462 e. The van der Waals surface area contributed by atoms with Gasteiger partial charge in [0.15, 0.2) is 12.2 Å². The number of carbonyl (C=O) groups excluding carboxylic acids is 4. The summed E-state index contributed by atoms with van der Waals surface area (Å²) in [5, 5.41) is 10.6. The van der Waals surface area contributed by atoms with Gasteiger partial charge >= 0.3 is 39.5 Å². The smallest absolute Gasteiger partial charge is 0.462 e. The zero-order valence-corrected chi connectivity index (χ0v) is 66.9. The van der Waals surface area contributed by atoms with Gasteiger partial charge in [-0.15, -0.1) is 0 Å². The Labute approximate surface area is 607 Å². The fourth-order valence-corrected chi connectivity index (χ4v) is 13.8. The van der Waals surface area contributed by atoms with Crippen LogP contribution in [0.3, 0.4) is 0 Å². The van der Waals surface area contributed by atoms with E-state index in [0.29, 0.717) is 31.6 Å². The van der Waals surface area contributed by atoms with E-state index in [1.807, 2.05) is 0 Å². The third kappa shape index (κ3) is 72.8. The lowest BCUT2D eigenvalue weighted by Gasteiger charge is -2.21. The molecule has 0 radical (unpaired) electrons. The average molecular weight is 1450 g/mol. The van der Waals surface area contributed by atoms with Gasteiger partial charge < -0.3 is 33.8 Å². The Morgan fingerprint density at radius 2 is 0.485 bits per heavy atom. The van der Waals surface area contributed by atoms with Gasteiger partial charge in [0.2, 0.25) is 0 Å². The first-order valence-electron chi connectivity index (χ1n) is 41.2. The highest BCUT2D eigenvalue weighted by Gasteiger charge is 2.30. The highest BCUT2D eigenvalue weighted by molar-refractivity contribution is 7.47. The van der Waals surface area contributed by atoms with Crippen LogP contribution in [0.25, 0.3) is 0 Å². The van der Waals surface area contributed by atoms with Crippen LogP contribution in [0.15, 0.2) is 0 Å². The zero-order chi connectivity index (χ0) is 73.1. The number of rotatable bonds is 77. The van der Waals surface area contributed by atoms with Crippen molar-refractivity contribution in [2.75, 3.05) is 39.6 Å². The fourth-order valence-electron chi connectivity index (χ4n) is 12.2. The van der Waals surface area contributed by atoms with E-state index in [9.17, 15) is 43.2 Å². The Bertz CT molecular complexity index is 1940. The van der Waals surface area contributed by atoms with Crippen LogP contribution in [0.2, 0.25) is 0 Å². The SMILES string of the molecule is CCC(C)CCCCCCCCCCCCC(=O)OC[C@H](COP(=O)(O)OCC(O)COP(=O)(O)OC[C@@H](COC(=O)CCCCCCCCCC(C)C)OC(=O)CCCCCCCCCCCCCCCCCCC(C)C)OC(=O)CCCCCCCCCCCCCCCC(C)C. The van der Waals surface area contributed by atoms with Crippen LogP contribution in [0, 0.1) is 23.7 Å². The molecule has 0 aliphatic rings. The molecular formula is C80H156O17P2. The maximum Gasteiger partial charge on any atom is 0.472 e. The number of hydrogen-bond acceptors (Lipinski definition) is 15. The van der Waals surface area contributed by atoms with Gasteiger partial charge in [-0.1, -0.05) is 357 Å². The van der Waals surface area contributed by atoms with E-state index in [-0.39, 0.29) is 25.7 Å². The number of phosphoric ester groups is 2. The summed E-state index contributed by atoms with van der Waals surface area (Å²) in [7, 11) is -9.92. The van der Waals surface area contributed by atoms with Crippen LogP contribution in [-0.4, -0.2) is 96.7 Å². The fraction of sp³-hybridized carbons (Fsp3) is 0.950. The van der Waals surface area contributed by atoms with Crippen molar-refractivity contribution in [3.63, 3.8) is 0 Å². The number of hydrogen-bond donors (Lipinski definition) is 3. The van der Waals surface area contributed by atoms with Gasteiger partial charge in [-0.25, -0.2) is 9.13 Å². The molecule has 0 bridgehead atoms. The summed E-state index contributed by atoms with van der Waals surface area (Å²) in [5.41, 5.74) is 0. The van der Waals surface area contributed by atoms with Gasteiger partial charge in [0, 0.05) is 25.7 Å². The van der Waals surface area contributed by atoms with Crippen molar-refractivity contribution in [2.24, 2.45) is 23.7 Å². The molecule has 17 nitrogen and oxygen atoms in total. The third-order valence-electron chi connectivity index (χ3n) is 18.9. The molecule has 0 heterocycles. The van der Waals surface area contributed by atoms with Crippen molar-refractivity contribution in [3.05, 3.63) is 0 Å². The molecule has 0 rings (SSSR count). The Balaban J connectivity index is 5.24. The monoisotopic (exact) mass is 1450 g/mol. The minimum absolute atomic E-state index is 0.107. The maximum atomic E-state index is 13.1. The van der Waals surface area contributed by atoms with E-state index >= 15 is 0 Å². The number of esters is 4. The van der Waals surface area contributed by atoms with E-state index in [1.165, 1.54) is 205 Å². The number of aliphatic hydroxyl groups is 1. The summed E-state index contributed by atoms with van der Waals surface area (Å²) in [4.78, 5) is 73.0. The van der Waals surface area contributed by atoms with Crippen LogP contribution in [-0.2, 0) is 65.4 Å². The molecular weight excluding hydrogens is 1290 g/mol. The molecule has 19 heteroatoms. The summed E-state index contributed by atoms with van der Waals surface area (Å²) in [6, 6.07) is 0. The van der Waals surface area contributed by atoms with Crippen molar-refractivity contribution >= 4 is 39.5 Å². The maximum absolute atomic E-state index is 13.1. The van der Waals surface area contributed by atoms with Crippen molar-refractivity contribution in [3.8, 4) is 0 Å². The molecule has 0 aromatic rings. The van der Waals surface area contributed by atoms with E-state index in [2.05, 4.69) is 55.4 Å². The second kappa shape index (κ2) is 69.1. The largest absolute Gasteiger partial charge is 0.472 e. The first-order valence-corrected chi connectivity index (χ1v) is 44.2. The van der Waals surface area contributed by atoms with Crippen LogP contribution < -0.4 is 0 Å². The highest BCUT2D eigenvalue weighted by Crippen LogP contribution is 2.45. The number of ether oxygens (including phenoxy) is 4. The van der Waals surface area contributed by atoms with Gasteiger partial charge in [0.05, 0.1) is 26.4 Å². The van der Waals surface area contributed by atoms with Gasteiger partial charge in [0.25, 0.3) is 0 Å². The van der Waals surface area contributed by atoms with Crippen LogP contribution in [0.4, 0.5) is 0 Å². The summed E-state index contributed by atoms with van der Waals surface area (Å²) in [6.45, 7) is 14.3. The first-order chi connectivity index (χ1) is 47.6. The molecule has 588 valence electrons. The van der Waals surface area contributed by atoms with Gasteiger partial charge in [0.1, 0.15) is 19.3 Å². The summed E-state index contributed by atoms with van der Waals surface area (Å²) < 4.78 is 68.7. The summed E-state index contributed by atoms with van der Waals surface area (Å²) in [5.74, 6) is 0.995. The second-order valence-corrected chi connectivity index (χ2v) is 33.4. The average Bonchev–Trinajstić information content (AvgIpc) is 1.03. The van der Waals surface area contributed by atoms with Crippen molar-refractivity contribution < 1.29 is 80.2 Å². The molecule has 3 N–H and O–H groups in total. The topological polar surface area (TPSA) is 237 Å². The molecule has 0 saturated heterocycles. The molecule has 0 fully saturated rings. The molecule has 0 aliphatic carbocycles. The number of phosphoric acid groups is 2. The Kier molecular flexibility index (Phi) is 67.8. The third-order valence-corrected chi connectivity index (χ3v) is 20.8. The minimum atomic E-state index is -4.96. The molecule has 99 heavy (non-hydrogen) atoms. The molecule has 6 atom stereocenters. The number of carbonyl (C=O) groups is 4. The normalized spacial score (nSPS) is 14.3. The highest BCUT2D eigenvalue weighted by atomic mass is 31.2. The molecule has 0 aromatic carbocycles. The standard InChI is InChI=1S/C80H156O17P2/c1-9-73(8)59-51-43-35-27-23-24-28-36-44-52-60-77(82)90-66-75(96-79(84)63-55-47-38-30-22-18-14-16-20-26-33-41-49-57-71(4)5)68-94-98(86,87)92-64-74(81)65-93-99(88,89)95-69-76(67-91-78(83)61-53-45-39-31-34-42-50-58-72(6)7)97-80(85)62-54-46-37-29-21-17-13-11-10-12-15-19-25-32-40-48-56-70(2)3/h70-76,81H,9-69H2,1-8H3,(H,86,87)(H,88,89)/t73?,74?,75-,76-/m1/s1. The molecule has 4 unspecified atom stereocenters. The Hall–Kier alpha value is -1.94. The Morgan fingerprint density at radius 1 is 0.283 bits per heavy atom. The van der Waals surface area contributed by atoms with Crippen LogP contribution >= 0.6 is 15.6 Å². The first kappa shape index (κ1) is 97.1. The molecule has 0 amide bonds. The lowest BCUT2D eigenvalue weighted by Crippen LogP contribution is -2.30. The lowest BCUT2D eigenvalue weighted by molar-refractivity contribution is -0.161. The van der Waals surface area contributed by atoms with E-state index in [1.54, 1.807) is 0 Å². The summed E-state index contributed by atoms with van der Waals surface area (Å²) in [6.07, 6.45) is 55.5. The van der Waals surface area contributed by atoms with Crippen molar-refractivity contribution in [2.45, 2.75) is 427 Å². The van der Waals surface area contributed by atoms with E-state index in [4.69, 9.17) is 37.0 Å². The van der Waals surface area contributed by atoms with Gasteiger partial charge in [-0.05, 0) is 49.4 Å². The molecule has 0 aliphatic heterocycles. The second-order valence-electron chi connectivity index (χ2n) is 30.5. The number of unbranched alkanes of at least 4 members (excludes halogenated alkanes) is 42. The van der Waals surface area contributed by atoms with Gasteiger partial charge in [-0.2, -0.15) is 0 Å². The van der Waals surface area contributed by atoms with E-state index < -0.39 is 97.5 Å². The predicted octanol–water partition coefficient (Wildman–Crippen LogP) is 23.6. The predicted molar refractivity (Wildman–Crippen MR) is 404 cm³/mol.